The van der Waals surface area contributed by atoms with Gasteiger partial charge in [0.25, 0.3) is 0 Å². The second-order valence-electron chi connectivity index (χ2n) is 4.47. The van der Waals surface area contributed by atoms with Crippen LogP contribution in [0.2, 0.25) is 0 Å². The van der Waals surface area contributed by atoms with E-state index in [1.54, 1.807) is 6.92 Å². The number of ether oxygens (including phenoxy) is 1. The fourth-order valence-electron chi connectivity index (χ4n) is 1.79. The standard InChI is InChI=1S/C16H15IO2/c1-11-3-8-16(15(9-11)12(2)18)19-10-13-4-6-14(17)7-5-13/h3-9H,10H2,1-2H3. The normalized spacial score (nSPS) is 10.3. The van der Waals surface area contributed by atoms with E-state index in [1.165, 1.54) is 3.57 Å². The van der Waals surface area contributed by atoms with E-state index >= 15 is 0 Å². The molecule has 0 atom stereocenters. The number of ketones is 1. The average molecular weight is 366 g/mol. The number of benzene rings is 2. The van der Waals surface area contributed by atoms with Crippen molar-refractivity contribution in [2.24, 2.45) is 0 Å². The Morgan fingerprint density at radius 2 is 1.84 bits per heavy atom. The van der Waals surface area contributed by atoms with Gasteiger partial charge in [0.2, 0.25) is 0 Å². The van der Waals surface area contributed by atoms with Gasteiger partial charge in [-0.25, -0.2) is 0 Å². The van der Waals surface area contributed by atoms with Gasteiger partial charge >= 0.3 is 0 Å². The molecule has 0 bridgehead atoms. The van der Waals surface area contributed by atoms with Crippen molar-refractivity contribution < 1.29 is 9.53 Å². The molecule has 0 unspecified atom stereocenters. The lowest BCUT2D eigenvalue weighted by Crippen LogP contribution is -2.02. The molecule has 0 radical (unpaired) electrons. The molecule has 98 valence electrons. The first-order valence-electron chi connectivity index (χ1n) is 6.05. The first-order valence-corrected chi connectivity index (χ1v) is 7.13. The maximum atomic E-state index is 11.6. The summed E-state index contributed by atoms with van der Waals surface area (Å²) in [6.07, 6.45) is 0. The van der Waals surface area contributed by atoms with Crippen LogP contribution in [-0.4, -0.2) is 5.78 Å². The molecule has 0 aliphatic carbocycles. The smallest absolute Gasteiger partial charge is 0.163 e. The van der Waals surface area contributed by atoms with Crippen LogP contribution in [0, 0.1) is 10.5 Å². The van der Waals surface area contributed by atoms with Crippen LogP contribution in [-0.2, 0) is 6.61 Å². The van der Waals surface area contributed by atoms with E-state index in [9.17, 15) is 4.79 Å². The van der Waals surface area contributed by atoms with Crippen molar-refractivity contribution in [3.63, 3.8) is 0 Å². The minimum Gasteiger partial charge on any atom is -0.488 e. The van der Waals surface area contributed by atoms with Gasteiger partial charge in [0.1, 0.15) is 12.4 Å². The quantitative estimate of drug-likeness (QED) is 0.593. The molecule has 0 aromatic heterocycles. The maximum Gasteiger partial charge on any atom is 0.163 e. The molecule has 0 aliphatic rings. The SMILES string of the molecule is CC(=O)c1cc(C)ccc1OCc1ccc(I)cc1. The van der Waals surface area contributed by atoms with Crippen molar-refractivity contribution in [1.82, 2.24) is 0 Å². The summed E-state index contributed by atoms with van der Waals surface area (Å²) < 4.78 is 6.95. The summed E-state index contributed by atoms with van der Waals surface area (Å²) in [5.74, 6) is 0.679. The Morgan fingerprint density at radius 3 is 2.47 bits per heavy atom. The zero-order chi connectivity index (χ0) is 13.8. The molecule has 0 N–H and O–H groups in total. The van der Waals surface area contributed by atoms with Crippen molar-refractivity contribution in [1.29, 1.82) is 0 Å². The van der Waals surface area contributed by atoms with E-state index in [2.05, 4.69) is 22.6 Å². The monoisotopic (exact) mass is 366 g/mol. The number of Topliss-reactive ketones (excluding diaryl/α,β-unsaturated/α-hetero) is 1. The molecule has 0 amide bonds. The van der Waals surface area contributed by atoms with Crippen LogP contribution in [0.15, 0.2) is 42.5 Å². The summed E-state index contributed by atoms with van der Waals surface area (Å²) in [6.45, 7) is 4.00. The van der Waals surface area contributed by atoms with Gasteiger partial charge in [-0.3, -0.25) is 4.79 Å². The molecule has 2 aromatic carbocycles. The first-order chi connectivity index (χ1) is 9.06. The highest BCUT2D eigenvalue weighted by molar-refractivity contribution is 14.1. The predicted molar refractivity (Wildman–Crippen MR) is 84.7 cm³/mol. The van der Waals surface area contributed by atoms with Crippen LogP contribution in [0.5, 0.6) is 5.75 Å². The average Bonchev–Trinajstić information content (AvgIpc) is 2.39. The van der Waals surface area contributed by atoms with Crippen LogP contribution in [0.1, 0.15) is 28.4 Å². The lowest BCUT2D eigenvalue weighted by molar-refractivity contribution is 0.101. The van der Waals surface area contributed by atoms with Gasteiger partial charge in [-0.15, -0.1) is 0 Å². The molecular weight excluding hydrogens is 351 g/mol. The minimum atomic E-state index is 0.0290. The molecular formula is C16H15IO2. The molecule has 2 rings (SSSR count). The van der Waals surface area contributed by atoms with E-state index in [0.717, 1.165) is 11.1 Å². The molecule has 2 aromatic rings. The van der Waals surface area contributed by atoms with E-state index in [-0.39, 0.29) is 5.78 Å². The number of carbonyl (C=O) groups excluding carboxylic acids is 1. The van der Waals surface area contributed by atoms with Crippen LogP contribution < -0.4 is 4.74 Å². The van der Waals surface area contributed by atoms with Gasteiger partial charge < -0.3 is 4.74 Å². The Morgan fingerprint density at radius 1 is 1.16 bits per heavy atom. The third-order valence-electron chi connectivity index (χ3n) is 2.82. The van der Waals surface area contributed by atoms with Crippen LogP contribution in [0.25, 0.3) is 0 Å². The van der Waals surface area contributed by atoms with E-state index < -0.39 is 0 Å². The Labute approximate surface area is 126 Å². The van der Waals surface area contributed by atoms with Crippen molar-refractivity contribution >= 4 is 28.4 Å². The molecule has 2 nitrogen and oxygen atoms in total. The van der Waals surface area contributed by atoms with Crippen molar-refractivity contribution in [2.75, 3.05) is 0 Å². The number of rotatable bonds is 4. The van der Waals surface area contributed by atoms with Gasteiger partial charge in [0.05, 0.1) is 5.56 Å². The zero-order valence-corrected chi connectivity index (χ0v) is 13.1. The van der Waals surface area contributed by atoms with E-state index in [4.69, 9.17) is 4.74 Å². The first kappa shape index (κ1) is 14.1. The molecule has 0 saturated carbocycles. The van der Waals surface area contributed by atoms with Crippen molar-refractivity contribution in [3.8, 4) is 5.75 Å². The lowest BCUT2D eigenvalue weighted by atomic mass is 10.1. The van der Waals surface area contributed by atoms with E-state index in [0.29, 0.717) is 17.9 Å². The molecule has 0 fully saturated rings. The van der Waals surface area contributed by atoms with Gasteiger partial charge in [-0.1, -0.05) is 23.8 Å². The van der Waals surface area contributed by atoms with Gasteiger partial charge in [0.15, 0.2) is 5.78 Å². The number of hydrogen-bond donors (Lipinski definition) is 0. The van der Waals surface area contributed by atoms with Gasteiger partial charge in [-0.2, -0.15) is 0 Å². The topological polar surface area (TPSA) is 26.3 Å². The van der Waals surface area contributed by atoms with Crippen LogP contribution in [0.4, 0.5) is 0 Å². The predicted octanol–water partition coefficient (Wildman–Crippen LogP) is 4.38. The summed E-state index contributed by atoms with van der Waals surface area (Å²) >= 11 is 2.27. The number of carbonyl (C=O) groups is 1. The molecule has 0 heterocycles. The fourth-order valence-corrected chi connectivity index (χ4v) is 2.15. The number of aryl methyl sites for hydroxylation is 1. The second kappa shape index (κ2) is 6.19. The highest BCUT2D eigenvalue weighted by atomic mass is 127. The zero-order valence-electron chi connectivity index (χ0n) is 10.9. The number of halogens is 1. The fraction of sp³-hybridized carbons (Fsp3) is 0.188. The molecule has 0 saturated heterocycles. The minimum absolute atomic E-state index is 0.0290. The Bertz CT molecular complexity index is 588. The van der Waals surface area contributed by atoms with E-state index in [1.807, 2.05) is 49.4 Å². The maximum absolute atomic E-state index is 11.6. The molecule has 3 heteroatoms. The highest BCUT2D eigenvalue weighted by Crippen LogP contribution is 2.22. The lowest BCUT2D eigenvalue weighted by Gasteiger charge is -2.10. The summed E-state index contributed by atoms with van der Waals surface area (Å²) in [7, 11) is 0. The Balaban J connectivity index is 2.15. The summed E-state index contributed by atoms with van der Waals surface area (Å²) in [6, 6.07) is 13.8. The van der Waals surface area contributed by atoms with Gasteiger partial charge in [-0.05, 0) is 66.3 Å². The van der Waals surface area contributed by atoms with Crippen molar-refractivity contribution in [2.45, 2.75) is 20.5 Å². The second-order valence-corrected chi connectivity index (χ2v) is 5.72. The summed E-state index contributed by atoms with van der Waals surface area (Å²) in [5.41, 5.74) is 2.80. The largest absolute Gasteiger partial charge is 0.488 e. The Hall–Kier alpha value is -1.36. The third kappa shape index (κ3) is 3.80. The molecule has 19 heavy (non-hydrogen) atoms. The number of hydrogen-bond acceptors (Lipinski definition) is 2. The Kier molecular flexibility index (Phi) is 4.58. The third-order valence-corrected chi connectivity index (χ3v) is 3.54. The summed E-state index contributed by atoms with van der Waals surface area (Å²) in [4.78, 5) is 11.6. The molecule has 0 spiro atoms. The molecule has 0 aliphatic heterocycles. The van der Waals surface area contributed by atoms with Crippen molar-refractivity contribution in [3.05, 3.63) is 62.7 Å². The highest BCUT2D eigenvalue weighted by Gasteiger charge is 2.08. The van der Waals surface area contributed by atoms with Crippen LogP contribution in [0.3, 0.4) is 0 Å². The van der Waals surface area contributed by atoms with Gasteiger partial charge in [0, 0.05) is 3.57 Å². The van der Waals surface area contributed by atoms with Crippen LogP contribution >= 0.6 is 22.6 Å². The summed E-state index contributed by atoms with van der Waals surface area (Å²) in [5, 5.41) is 0.